The highest BCUT2D eigenvalue weighted by molar-refractivity contribution is 5.43. The largest absolute Gasteiger partial charge is 0.242 e. The van der Waals surface area contributed by atoms with Gasteiger partial charge in [0.1, 0.15) is 5.82 Å². The summed E-state index contributed by atoms with van der Waals surface area (Å²) < 4.78 is 0. The second-order valence-corrected chi connectivity index (χ2v) is 1.67. The van der Waals surface area contributed by atoms with Crippen LogP contribution >= 0.6 is 0 Å². The molecule has 0 aliphatic heterocycles. The Balaban J connectivity index is 3.06. The van der Waals surface area contributed by atoms with Crippen molar-refractivity contribution in [2.24, 2.45) is 4.99 Å². The smallest absolute Gasteiger partial charge is 0.242 e. The Bertz CT molecular complexity index is 278. The van der Waals surface area contributed by atoms with Crippen molar-refractivity contribution < 1.29 is 4.79 Å². The number of carbonyl (C=O) groups excluding carboxylic acids is 1. The fraction of sp³-hybridized carbons (Fsp3) is 0.167. The highest BCUT2D eigenvalue weighted by Gasteiger charge is 1.89. The highest BCUT2D eigenvalue weighted by Crippen LogP contribution is 2.03. The Morgan fingerprint density at radius 1 is 1.70 bits per heavy atom. The monoisotopic (exact) mass is 135 g/mol. The first-order valence-corrected chi connectivity index (χ1v) is 2.70. The van der Waals surface area contributed by atoms with E-state index < -0.39 is 0 Å². The van der Waals surface area contributed by atoms with Crippen LogP contribution in [0.1, 0.15) is 5.82 Å². The lowest BCUT2D eigenvalue weighted by Gasteiger charge is -1.88. The van der Waals surface area contributed by atoms with E-state index in [0.29, 0.717) is 11.6 Å². The van der Waals surface area contributed by atoms with Crippen molar-refractivity contribution in [1.82, 2.24) is 9.97 Å². The lowest BCUT2D eigenvalue weighted by atomic mass is 10.5. The molecular weight excluding hydrogens is 130 g/mol. The van der Waals surface area contributed by atoms with Gasteiger partial charge in [-0.1, -0.05) is 0 Å². The van der Waals surface area contributed by atoms with Crippen LogP contribution in [0.3, 0.4) is 0 Å². The van der Waals surface area contributed by atoms with E-state index in [2.05, 4.69) is 15.0 Å². The number of aryl methyl sites for hydroxylation is 1. The Morgan fingerprint density at radius 3 is 3.10 bits per heavy atom. The molecule has 0 N–H and O–H groups in total. The van der Waals surface area contributed by atoms with Gasteiger partial charge in [-0.05, 0) is 6.92 Å². The number of aliphatic imine (C=N–C) groups is 1. The van der Waals surface area contributed by atoms with Crippen molar-refractivity contribution in [3.8, 4) is 0 Å². The number of nitrogens with zero attached hydrogens (tertiary/aromatic N) is 3. The van der Waals surface area contributed by atoms with Crippen LogP contribution in [0.5, 0.6) is 0 Å². The molecule has 0 aromatic carbocycles. The maximum atomic E-state index is 9.73. The number of hydrogen-bond donors (Lipinski definition) is 0. The summed E-state index contributed by atoms with van der Waals surface area (Å²) in [6.07, 6.45) is 2.94. The molecule has 0 aliphatic carbocycles. The Morgan fingerprint density at radius 2 is 2.50 bits per heavy atom. The fourth-order valence-electron chi connectivity index (χ4n) is 0.553. The zero-order valence-electron chi connectivity index (χ0n) is 5.40. The van der Waals surface area contributed by atoms with Crippen LogP contribution in [-0.2, 0) is 4.79 Å². The lowest BCUT2D eigenvalue weighted by Crippen LogP contribution is -1.83. The van der Waals surface area contributed by atoms with Gasteiger partial charge in [0.05, 0.1) is 0 Å². The highest BCUT2D eigenvalue weighted by atomic mass is 16.1. The molecule has 4 nitrogen and oxygen atoms in total. The molecule has 4 heteroatoms. The molecule has 1 aromatic heterocycles. The number of rotatable bonds is 1. The molecule has 0 spiro atoms. The molecule has 0 aliphatic rings. The van der Waals surface area contributed by atoms with E-state index in [0.717, 1.165) is 0 Å². The van der Waals surface area contributed by atoms with E-state index in [1.54, 1.807) is 13.1 Å². The zero-order chi connectivity index (χ0) is 7.40. The van der Waals surface area contributed by atoms with Gasteiger partial charge in [-0.2, -0.15) is 0 Å². The van der Waals surface area contributed by atoms with Crippen molar-refractivity contribution in [3.05, 3.63) is 18.1 Å². The van der Waals surface area contributed by atoms with Gasteiger partial charge >= 0.3 is 0 Å². The van der Waals surface area contributed by atoms with Crippen molar-refractivity contribution in [2.45, 2.75) is 6.92 Å². The van der Waals surface area contributed by atoms with Gasteiger partial charge in [0.15, 0.2) is 5.82 Å². The van der Waals surface area contributed by atoms with E-state index in [4.69, 9.17) is 0 Å². The molecule has 0 radical (unpaired) electrons. The van der Waals surface area contributed by atoms with Crippen LogP contribution in [0.25, 0.3) is 0 Å². The van der Waals surface area contributed by atoms with Crippen LogP contribution in [0.15, 0.2) is 17.3 Å². The summed E-state index contributed by atoms with van der Waals surface area (Å²) in [5.41, 5.74) is 0. The van der Waals surface area contributed by atoms with Crippen LogP contribution in [0, 0.1) is 6.92 Å². The van der Waals surface area contributed by atoms with Gasteiger partial charge in [0, 0.05) is 12.3 Å². The minimum atomic E-state index is 0.350. The Labute approximate surface area is 57.7 Å². The van der Waals surface area contributed by atoms with Crippen LogP contribution in [-0.4, -0.2) is 16.0 Å². The standard InChI is InChI=1S/C6H5N3O/c1-5-7-3-2-6(9-5)8-4-10/h2-3H,1H3. The van der Waals surface area contributed by atoms with Crippen molar-refractivity contribution >= 4 is 11.9 Å². The summed E-state index contributed by atoms with van der Waals surface area (Å²) >= 11 is 0. The van der Waals surface area contributed by atoms with Crippen LogP contribution in [0.4, 0.5) is 5.82 Å². The normalized spacial score (nSPS) is 8.50. The first-order valence-electron chi connectivity index (χ1n) is 2.70. The third-order valence-electron chi connectivity index (χ3n) is 0.922. The van der Waals surface area contributed by atoms with Gasteiger partial charge < -0.3 is 0 Å². The summed E-state index contributed by atoms with van der Waals surface area (Å²) in [6, 6.07) is 1.54. The second-order valence-electron chi connectivity index (χ2n) is 1.67. The molecule has 50 valence electrons. The van der Waals surface area contributed by atoms with Crippen LogP contribution in [0.2, 0.25) is 0 Å². The zero-order valence-corrected chi connectivity index (χ0v) is 5.40. The molecule has 0 saturated heterocycles. The molecular formula is C6H5N3O. The van der Waals surface area contributed by atoms with Gasteiger partial charge in [0.2, 0.25) is 6.08 Å². The van der Waals surface area contributed by atoms with Crippen molar-refractivity contribution in [3.63, 3.8) is 0 Å². The van der Waals surface area contributed by atoms with E-state index >= 15 is 0 Å². The Hall–Kier alpha value is -1.54. The summed E-state index contributed by atoms with van der Waals surface area (Å²) in [6.45, 7) is 1.73. The molecule has 1 rings (SSSR count). The maximum Gasteiger partial charge on any atom is 0.242 e. The van der Waals surface area contributed by atoms with E-state index in [9.17, 15) is 4.79 Å². The maximum absolute atomic E-state index is 9.73. The van der Waals surface area contributed by atoms with E-state index in [1.807, 2.05) is 0 Å². The van der Waals surface area contributed by atoms with E-state index in [-0.39, 0.29) is 0 Å². The molecule has 0 atom stereocenters. The first kappa shape index (κ1) is 6.58. The van der Waals surface area contributed by atoms with Gasteiger partial charge in [-0.15, -0.1) is 4.99 Å². The summed E-state index contributed by atoms with van der Waals surface area (Å²) in [4.78, 5) is 20.7. The summed E-state index contributed by atoms with van der Waals surface area (Å²) in [5, 5.41) is 0. The molecule has 0 saturated carbocycles. The summed E-state index contributed by atoms with van der Waals surface area (Å²) in [7, 11) is 0. The molecule has 10 heavy (non-hydrogen) atoms. The number of isocyanates is 1. The third kappa shape index (κ3) is 1.47. The quantitative estimate of drug-likeness (QED) is 0.421. The molecule has 0 amide bonds. The predicted octanol–water partition coefficient (Wildman–Crippen LogP) is 0.752. The molecule has 0 unspecified atom stereocenters. The van der Waals surface area contributed by atoms with Gasteiger partial charge in [0.25, 0.3) is 0 Å². The minimum absolute atomic E-state index is 0.350. The summed E-state index contributed by atoms with van der Waals surface area (Å²) in [5.74, 6) is 0.944. The minimum Gasteiger partial charge on any atom is -0.242 e. The molecule has 1 heterocycles. The average Bonchev–Trinajstić information content (AvgIpc) is 1.88. The number of aromatic nitrogens is 2. The molecule has 0 fully saturated rings. The lowest BCUT2D eigenvalue weighted by molar-refractivity contribution is 0.565. The van der Waals surface area contributed by atoms with E-state index in [1.165, 1.54) is 12.1 Å². The van der Waals surface area contributed by atoms with Crippen molar-refractivity contribution in [2.75, 3.05) is 0 Å². The van der Waals surface area contributed by atoms with Gasteiger partial charge in [-0.25, -0.2) is 14.8 Å². The topological polar surface area (TPSA) is 55.2 Å². The molecule has 1 aromatic rings. The number of hydrogen-bond acceptors (Lipinski definition) is 4. The first-order chi connectivity index (χ1) is 4.83. The predicted molar refractivity (Wildman–Crippen MR) is 34.6 cm³/mol. The molecule has 0 bridgehead atoms. The Kier molecular flexibility index (Phi) is 1.87. The second kappa shape index (κ2) is 2.85. The van der Waals surface area contributed by atoms with Crippen molar-refractivity contribution in [1.29, 1.82) is 0 Å². The fourth-order valence-corrected chi connectivity index (χ4v) is 0.553. The van der Waals surface area contributed by atoms with Gasteiger partial charge in [-0.3, -0.25) is 0 Å². The average molecular weight is 135 g/mol. The van der Waals surface area contributed by atoms with Crippen LogP contribution < -0.4 is 0 Å². The third-order valence-corrected chi connectivity index (χ3v) is 0.922. The SMILES string of the molecule is Cc1nccc(N=C=O)n1.